The third kappa shape index (κ3) is 19.3. The second-order valence-corrected chi connectivity index (χ2v) is 18.3. The van der Waals surface area contributed by atoms with Crippen LogP contribution in [-0.2, 0) is 43.2 Å². The summed E-state index contributed by atoms with van der Waals surface area (Å²) >= 11 is 0. The van der Waals surface area contributed by atoms with Crippen molar-refractivity contribution in [3.05, 3.63) is 0 Å². The summed E-state index contributed by atoms with van der Waals surface area (Å²) < 4.78 is 0. The highest BCUT2D eigenvalue weighted by molar-refractivity contribution is 5.98. The first-order valence-electron chi connectivity index (χ1n) is 22.9. The zero-order valence-electron chi connectivity index (χ0n) is 40.6. The van der Waals surface area contributed by atoms with Crippen LogP contribution in [0.3, 0.4) is 0 Å². The standard InChI is InChI=1S/C43H78N12O12/c1-11-23(8)32(53-34(58)26(44)18-20(2)3)40(64)50-28(19-56)36(60)49-27(14-12-16-47-43(45)46)35(59)48-24(9)41(65)55-17-13-15-29(55)37(61)51-30(21(4)5)38(62)52-31(22(6)7)39(63)54-33(25(10)57)42(66)67/h20-33,56-57H,11-19,44H2,1-10H3,(H,48,59)(H,49,60)(H,50,64)(H,51,61)(H,52,62)(H,53,58)(H,54,63)(H,66,67)(H4,45,46,47). The first kappa shape index (κ1) is 59.4. The zero-order valence-corrected chi connectivity index (χ0v) is 40.6. The van der Waals surface area contributed by atoms with Crippen molar-refractivity contribution in [2.45, 2.75) is 168 Å². The largest absolute Gasteiger partial charge is 0.480 e. The zero-order chi connectivity index (χ0) is 51.5. The minimum absolute atomic E-state index is 0.0608. The van der Waals surface area contributed by atoms with Crippen molar-refractivity contribution in [2.24, 2.45) is 45.9 Å². The maximum atomic E-state index is 13.9. The summed E-state index contributed by atoms with van der Waals surface area (Å²) in [5, 5.41) is 47.1. The molecule has 16 N–H and O–H groups in total. The highest BCUT2D eigenvalue weighted by atomic mass is 16.4. The molecule has 1 heterocycles. The number of carbonyl (C=O) groups is 9. The first-order chi connectivity index (χ1) is 31.2. The molecular formula is C43H78N12O12. The second-order valence-electron chi connectivity index (χ2n) is 18.3. The normalized spacial score (nSPS) is 18.1. The molecule has 1 aliphatic rings. The van der Waals surface area contributed by atoms with Crippen LogP contribution >= 0.6 is 0 Å². The molecule has 0 bridgehead atoms. The van der Waals surface area contributed by atoms with E-state index in [-0.39, 0.29) is 44.2 Å². The van der Waals surface area contributed by atoms with Crippen molar-refractivity contribution in [2.75, 3.05) is 19.7 Å². The predicted octanol–water partition coefficient (Wildman–Crippen LogP) is -3.37. The molecule has 11 atom stereocenters. The molecule has 1 rings (SSSR count). The van der Waals surface area contributed by atoms with E-state index in [9.17, 15) is 58.5 Å². The molecule has 1 aliphatic heterocycles. The van der Waals surface area contributed by atoms with Gasteiger partial charge in [0.1, 0.15) is 42.3 Å². The van der Waals surface area contributed by atoms with Crippen molar-refractivity contribution < 1.29 is 58.5 Å². The number of carbonyl (C=O) groups excluding carboxylic acids is 8. The number of amides is 8. The lowest BCUT2D eigenvalue weighted by Gasteiger charge is -2.31. The number of guanidine groups is 1. The molecule has 0 aliphatic carbocycles. The minimum Gasteiger partial charge on any atom is -0.480 e. The topological polar surface area (TPSA) is 392 Å². The Kier molecular flexibility index (Phi) is 25.3. The molecule has 67 heavy (non-hydrogen) atoms. The van der Waals surface area contributed by atoms with Crippen molar-refractivity contribution in [3.63, 3.8) is 0 Å². The fourth-order valence-electron chi connectivity index (χ4n) is 7.20. The van der Waals surface area contributed by atoms with Crippen molar-refractivity contribution >= 4 is 59.2 Å². The number of aliphatic hydroxyl groups excluding tert-OH is 2. The Bertz CT molecular complexity index is 1740. The lowest BCUT2D eigenvalue weighted by Crippen LogP contribution is -2.61. The van der Waals surface area contributed by atoms with Crippen LogP contribution in [0.25, 0.3) is 0 Å². The number of rotatable bonds is 28. The molecule has 0 spiro atoms. The van der Waals surface area contributed by atoms with Gasteiger partial charge in [0.15, 0.2) is 12.0 Å². The van der Waals surface area contributed by atoms with Crippen LogP contribution < -0.4 is 54.4 Å². The number of aliphatic imine (C=N–C) groups is 1. The van der Waals surface area contributed by atoms with E-state index in [0.717, 1.165) is 0 Å². The van der Waals surface area contributed by atoms with Crippen LogP contribution in [0.2, 0.25) is 0 Å². The number of aliphatic carboxylic acids is 1. The fourth-order valence-corrected chi connectivity index (χ4v) is 7.20. The molecule has 1 fully saturated rings. The predicted molar refractivity (Wildman–Crippen MR) is 247 cm³/mol. The number of carboxylic acids is 1. The lowest BCUT2D eigenvalue weighted by molar-refractivity contribution is -0.145. The van der Waals surface area contributed by atoms with Gasteiger partial charge < -0.3 is 74.6 Å². The molecule has 0 aromatic heterocycles. The van der Waals surface area contributed by atoms with Gasteiger partial charge in [-0.15, -0.1) is 0 Å². The fraction of sp³-hybridized carbons (Fsp3) is 0.767. The summed E-state index contributed by atoms with van der Waals surface area (Å²) in [5.41, 5.74) is 16.9. The Hall–Kier alpha value is -5.62. The molecule has 8 amide bonds. The molecule has 0 aromatic rings. The van der Waals surface area contributed by atoms with E-state index in [1.807, 2.05) is 13.8 Å². The molecule has 0 saturated carbocycles. The van der Waals surface area contributed by atoms with Crippen LogP contribution in [0.4, 0.5) is 0 Å². The Balaban J connectivity index is 3.22. The molecule has 1 saturated heterocycles. The Morgan fingerprint density at radius 2 is 1.19 bits per heavy atom. The van der Waals surface area contributed by atoms with Crippen LogP contribution in [0.5, 0.6) is 0 Å². The molecule has 382 valence electrons. The molecule has 24 nitrogen and oxygen atoms in total. The average Bonchev–Trinajstić information content (AvgIpc) is 3.74. The number of nitrogens with one attached hydrogen (secondary N) is 7. The minimum atomic E-state index is -1.64. The van der Waals surface area contributed by atoms with Crippen molar-refractivity contribution in [1.82, 2.24) is 42.1 Å². The summed E-state index contributed by atoms with van der Waals surface area (Å²) in [6.45, 7) is 15.7. The summed E-state index contributed by atoms with van der Waals surface area (Å²) in [6.07, 6.45) is 0.106. The Morgan fingerprint density at radius 3 is 1.69 bits per heavy atom. The number of hydrogen-bond acceptors (Lipinski definition) is 13. The van der Waals surface area contributed by atoms with Gasteiger partial charge >= 0.3 is 5.97 Å². The van der Waals surface area contributed by atoms with Gasteiger partial charge in [-0.3, -0.25) is 43.3 Å². The summed E-state index contributed by atoms with van der Waals surface area (Å²) in [6, 6.07) is -11.3. The summed E-state index contributed by atoms with van der Waals surface area (Å²) in [7, 11) is 0. The summed E-state index contributed by atoms with van der Waals surface area (Å²) in [4.78, 5) is 125. The smallest absolute Gasteiger partial charge is 0.328 e. The quantitative estimate of drug-likeness (QED) is 0.0207. The number of nitrogens with two attached hydrogens (primary N) is 3. The molecule has 24 heteroatoms. The van der Waals surface area contributed by atoms with Gasteiger partial charge in [0.05, 0.1) is 18.8 Å². The first-order valence-corrected chi connectivity index (χ1v) is 22.9. The number of carboxylic acid groups (broad SMARTS) is 1. The second kappa shape index (κ2) is 28.5. The number of aliphatic hydroxyl groups is 2. The van der Waals surface area contributed by atoms with Gasteiger partial charge in [0.2, 0.25) is 47.3 Å². The SMILES string of the molecule is CCC(C)C(NC(=O)C(N)CC(C)C)C(=O)NC(CO)C(=O)NC(CCCN=C(N)N)C(=O)NC(C)C(=O)N1CCCC1C(=O)NC(C(=O)NC(C(=O)NC(C(=O)O)C(C)O)C(C)C)C(C)C. The van der Waals surface area contributed by atoms with Gasteiger partial charge in [-0.1, -0.05) is 61.8 Å². The van der Waals surface area contributed by atoms with Crippen LogP contribution in [0, 0.1) is 23.7 Å². The van der Waals surface area contributed by atoms with Gasteiger partial charge in [0.25, 0.3) is 0 Å². The van der Waals surface area contributed by atoms with Gasteiger partial charge in [-0.2, -0.15) is 0 Å². The van der Waals surface area contributed by atoms with E-state index in [2.05, 4.69) is 42.2 Å². The van der Waals surface area contributed by atoms with E-state index in [1.54, 1.807) is 41.5 Å². The van der Waals surface area contributed by atoms with Crippen molar-refractivity contribution in [1.29, 1.82) is 0 Å². The van der Waals surface area contributed by atoms with Gasteiger partial charge in [0, 0.05) is 13.1 Å². The number of likely N-dealkylation sites (tertiary alicyclic amines) is 1. The maximum Gasteiger partial charge on any atom is 0.328 e. The lowest BCUT2D eigenvalue weighted by atomic mass is 9.96. The van der Waals surface area contributed by atoms with Gasteiger partial charge in [-0.05, 0) is 69.6 Å². The monoisotopic (exact) mass is 955 g/mol. The van der Waals surface area contributed by atoms with E-state index in [4.69, 9.17) is 17.2 Å². The Morgan fingerprint density at radius 1 is 0.687 bits per heavy atom. The molecule has 0 radical (unpaired) electrons. The van der Waals surface area contributed by atoms with E-state index in [1.165, 1.54) is 18.7 Å². The molecule has 0 aromatic carbocycles. The Labute approximate surface area is 392 Å². The van der Waals surface area contributed by atoms with Gasteiger partial charge in [-0.25, -0.2) is 4.79 Å². The number of hydrogen-bond donors (Lipinski definition) is 13. The molecule has 11 unspecified atom stereocenters. The van der Waals surface area contributed by atoms with Crippen LogP contribution in [-0.4, -0.2) is 160 Å². The van der Waals surface area contributed by atoms with E-state index < -0.39 is 138 Å². The highest BCUT2D eigenvalue weighted by Crippen LogP contribution is 2.20. The number of nitrogens with zero attached hydrogens (tertiary/aromatic N) is 2. The third-order valence-electron chi connectivity index (χ3n) is 11.4. The van der Waals surface area contributed by atoms with Crippen molar-refractivity contribution in [3.8, 4) is 0 Å². The average molecular weight is 955 g/mol. The van der Waals surface area contributed by atoms with E-state index >= 15 is 0 Å². The maximum absolute atomic E-state index is 13.9. The van der Waals surface area contributed by atoms with Crippen LogP contribution in [0.1, 0.15) is 108 Å². The van der Waals surface area contributed by atoms with E-state index in [0.29, 0.717) is 19.3 Å². The molecular weight excluding hydrogens is 877 g/mol. The van der Waals surface area contributed by atoms with Crippen LogP contribution in [0.15, 0.2) is 4.99 Å². The third-order valence-corrected chi connectivity index (χ3v) is 11.4. The highest BCUT2D eigenvalue weighted by Gasteiger charge is 2.40. The summed E-state index contributed by atoms with van der Waals surface area (Å²) in [5.74, 6) is -9.09.